The summed E-state index contributed by atoms with van der Waals surface area (Å²) < 4.78 is 10.4. The summed E-state index contributed by atoms with van der Waals surface area (Å²) in [6, 6.07) is 12.0. The van der Waals surface area contributed by atoms with Crippen molar-refractivity contribution in [2.24, 2.45) is 5.10 Å². The van der Waals surface area contributed by atoms with Gasteiger partial charge in [0.2, 0.25) is 0 Å². The van der Waals surface area contributed by atoms with Crippen molar-refractivity contribution in [3.63, 3.8) is 0 Å². The first-order valence-corrected chi connectivity index (χ1v) is 6.83. The van der Waals surface area contributed by atoms with Crippen LogP contribution in [0.15, 0.2) is 47.6 Å². The number of rotatable bonds is 5. The molecule has 5 nitrogen and oxygen atoms in total. The highest BCUT2D eigenvalue weighted by Crippen LogP contribution is 2.22. The summed E-state index contributed by atoms with van der Waals surface area (Å²) in [5.74, 6) is 0.903. The van der Waals surface area contributed by atoms with Crippen LogP contribution >= 0.6 is 11.6 Å². The highest BCUT2D eigenvalue weighted by Gasteiger charge is 2.08. The van der Waals surface area contributed by atoms with Crippen LogP contribution in [0.3, 0.4) is 0 Å². The Morgan fingerprint density at radius 2 is 1.95 bits per heavy atom. The first-order chi connectivity index (χ1) is 10.7. The van der Waals surface area contributed by atoms with E-state index in [9.17, 15) is 4.79 Å². The van der Waals surface area contributed by atoms with E-state index in [0.717, 1.165) is 0 Å². The molecule has 2 rings (SSSR count). The van der Waals surface area contributed by atoms with Crippen molar-refractivity contribution in [1.29, 1.82) is 0 Å². The number of nitrogens with zero attached hydrogens (tertiary/aromatic N) is 1. The molecule has 0 unspecified atom stereocenters. The summed E-state index contributed by atoms with van der Waals surface area (Å²) >= 11 is 5.95. The number of amides is 1. The second kappa shape index (κ2) is 7.47. The van der Waals surface area contributed by atoms with Crippen molar-refractivity contribution < 1.29 is 14.3 Å². The molecule has 0 heterocycles. The molecule has 0 radical (unpaired) electrons. The summed E-state index contributed by atoms with van der Waals surface area (Å²) in [4.78, 5) is 12.0. The van der Waals surface area contributed by atoms with E-state index in [1.54, 1.807) is 56.7 Å². The van der Waals surface area contributed by atoms with Gasteiger partial charge < -0.3 is 9.47 Å². The van der Waals surface area contributed by atoms with E-state index < -0.39 is 0 Å². The molecule has 0 aliphatic rings. The topological polar surface area (TPSA) is 59.9 Å². The molecule has 1 N–H and O–H groups in total. The van der Waals surface area contributed by atoms with Crippen LogP contribution in [0, 0.1) is 0 Å². The van der Waals surface area contributed by atoms with Gasteiger partial charge in [0, 0.05) is 5.56 Å². The van der Waals surface area contributed by atoms with Gasteiger partial charge in [-0.05, 0) is 30.3 Å². The molecule has 0 bridgehead atoms. The molecule has 6 heteroatoms. The van der Waals surface area contributed by atoms with Crippen molar-refractivity contribution >= 4 is 23.7 Å². The third kappa shape index (κ3) is 3.77. The highest BCUT2D eigenvalue weighted by molar-refractivity contribution is 6.33. The number of halogens is 1. The first kappa shape index (κ1) is 15.9. The number of ether oxygens (including phenoxy) is 2. The van der Waals surface area contributed by atoms with Crippen LogP contribution in [0.5, 0.6) is 11.5 Å². The molecule has 0 saturated heterocycles. The van der Waals surface area contributed by atoms with Gasteiger partial charge in [-0.15, -0.1) is 0 Å². The zero-order valence-electron chi connectivity index (χ0n) is 12.2. The lowest BCUT2D eigenvalue weighted by Crippen LogP contribution is -2.18. The van der Waals surface area contributed by atoms with Gasteiger partial charge in [-0.25, -0.2) is 5.43 Å². The predicted octanol–water partition coefficient (Wildman–Crippen LogP) is 3.12. The Balaban J connectivity index is 2.12. The van der Waals surface area contributed by atoms with Crippen molar-refractivity contribution in [3.05, 3.63) is 58.6 Å². The lowest BCUT2D eigenvalue weighted by atomic mass is 10.2. The Hall–Kier alpha value is -2.53. The van der Waals surface area contributed by atoms with E-state index in [1.807, 2.05) is 0 Å². The van der Waals surface area contributed by atoms with E-state index >= 15 is 0 Å². The fourth-order valence-corrected chi connectivity index (χ4v) is 2.03. The molecule has 0 atom stereocenters. The normalized spacial score (nSPS) is 10.5. The second-order valence-electron chi connectivity index (χ2n) is 4.29. The Bertz CT molecular complexity index is 702. The van der Waals surface area contributed by atoms with Crippen LogP contribution < -0.4 is 14.9 Å². The Labute approximate surface area is 133 Å². The zero-order chi connectivity index (χ0) is 15.9. The average molecular weight is 319 g/mol. The second-order valence-corrected chi connectivity index (χ2v) is 4.69. The lowest BCUT2D eigenvalue weighted by Gasteiger charge is -2.07. The quantitative estimate of drug-likeness (QED) is 0.680. The SMILES string of the molecule is COc1ccc(OC)c(C=NNC(=O)c2ccccc2Cl)c1. The van der Waals surface area contributed by atoms with Crippen molar-refractivity contribution in [2.45, 2.75) is 0 Å². The van der Waals surface area contributed by atoms with Crippen molar-refractivity contribution in [1.82, 2.24) is 5.43 Å². The van der Waals surface area contributed by atoms with E-state index in [0.29, 0.717) is 27.6 Å². The minimum Gasteiger partial charge on any atom is -0.497 e. The van der Waals surface area contributed by atoms with Gasteiger partial charge in [-0.2, -0.15) is 5.10 Å². The van der Waals surface area contributed by atoms with E-state index in [1.165, 1.54) is 6.21 Å². The van der Waals surface area contributed by atoms with Crippen LogP contribution in [0.25, 0.3) is 0 Å². The third-order valence-corrected chi connectivity index (χ3v) is 3.25. The van der Waals surface area contributed by atoms with Crippen molar-refractivity contribution in [2.75, 3.05) is 14.2 Å². The maximum absolute atomic E-state index is 12.0. The molecular weight excluding hydrogens is 304 g/mol. The Morgan fingerprint density at radius 1 is 1.18 bits per heavy atom. The van der Waals surface area contributed by atoms with Gasteiger partial charge in [0.05, 0.1) is 31.0 Å². The Morgan fingerprint density at radius 3 is 2.64 bits per heavy atom. The number of hydrogen-bond donors (Lipinski definition) is 1. The standard InChI is InChI=1S/C16H15ClN2O3/c1-21-12-7-8-15(22-2)11(9-12)10-18-19-16(20)13-5-3-4-6-14(13)17/h3-10H,1-2H3,(H,19,20). The van der Waals surface area contributed by atoms with Crippen LogP contribution in [0.4, 0.5) is 0 Å². The van der Waals surface area contributed by atoms with E-state index in [4.69, 9.17) is 21.1 Å². The lowest BCUT2D eigenvalue weighted by molar-refractivity contribution is 0.0955. The smallest absolute Gasteiger partial charge is 0.272 e. The summed E-state index contributed by atoms with van der Waals surface area (Å²) in [6.45, 7) is 0. The molecule has 0 saturated carbocycles. The molecule has 2 aromatic carbocycles. The third-order valence-electron chi connectivity index (χ3n) is 2.93. The molecular formula is C16H15ClN2O3. The summed E-state index contributed by atoms with van der Waals surface area (Å²) in [5.41, 5.74) is 3.47. The number of carbonyl (C=O) groups is 1. The Kier molecular flexibility index (Phi) is 5.38. The highest BCUT2D eigenvalue weighted by atomic mass is 35.5. The van der Waals surface area contributed by atoms with E-state index in [2.05, 4.69) is 10.5 Å². The van der Waals surface area contributed by atoms with Gasteiger partial charge >= 0.3 is 0 Å². The molecule has 0 aliphatic heterocycles. The summed E-state index contributed by atoms with van der Waals surface area (Å²) in [7, 11) is 3.13. The summed E-state index contributed by atoms with van der Waals surface area (Å²) in [6.07, 6.45) is 1.48. The molecule has 114 valence electrons. The van der Waals surface area contributed by atoms with Crippen LogP contribution in [-0.2, 0) is 0 Å². The molecule has 0 aromatic heterocycles. The van der Waals surface area contributed by atoms with Crippen LogP contribution in [0.2, 0.25) is 5.02 Å². The largest absolute Gasteiger partial charge is 0.497 e. The van der Waals surface area contributed by atoms with Gasteiger partial charge in [0.15, 0.2) is 0 Å². The minimum absolute atomic E-state index is 0.360. The van der Waals surface area contributed by atoms with Gasteiger partial charge in [-0.3, -0.25) is 4.79 Å². The molecule has 0 aliphatic carbocycles. The predicted molar refractivity (Wildman–Crippen MR) is 86.1 cm³/mol. The number of carbonyl (C=O) groups excluding carboxylic acids is 1. The van der Waals surface area contributed by atoms with Gasteiger partial charge in [0.25, 0.3) is 5.91 Å². The first-order valence-electron chi connectivity index (χ1n) is 6.45. The monoisotopic (exact) mass is 318 g/mol. The van der Waals surface area contributed by atoms with Crippen molar-refractivity contribution in [3.8, 4) is 11.5 Å². The molecule has 0 spiro atoms. The minimum atomic E-state index is -0.385. The van der Waals surface area contributed by atoms with Crippen LogP contribution in [-0.4, -0.2) is 26.3 Å². The number of nitrogens with one attached hydrogen (secondary N) is 1. The molecule has 0 fully saturated rings. The fourth-order valence-electron chi connectivity index (χ4n) is 1.81. The maximum atomic E-state index is 12.0. The number of methoxy groups -OCH3 is 2. The van der Waals surface area contributed by atoms with Gasteiger partial charge in [-0.1, -0.05) is 23.7 Å². The summed E-state index contributed by atoms with van der Waals surface area (Å²) in [5, 5.41) is 4.29. The number of benzene rings is 2. The molecule has 2 aromatic rings. The maximum Gasteiger partial charge on any atom is 0.272 e. The average Bonchev–Trinajstić information content (AvgIpc) is 2.55. The fraction of sp³-hybridized carbons (Fsp3) is 0.125. The van der Waals surface area contributed by atoms with Crippen LogP contribution in [0.1, 0.15) is 15.9 Å². The number of hydrogen-bond acceptors (Lipinski definition) is 4. The number of hydrazone groups is 1. The van der Waals surface area contributed by atoms with Gasteiger partial charge in [0.1, 0.15) is 11.5 Å². The molecule has 1 amide bonds. The van der Waals surface area contributed by atoms with E-state index in [-0.39, 0.29) is 5.91 Å². The molecule has 22 heavy (non-hydrogen) atoms. The zero-order valence-corrected chi connectivity index (χ0v) is 12.9.